The fourth-order valence-electron chi connectivity index (χ4n) is 4.46. The number of hydrogen-bond acceptors (Lipinski definition) is 8. The zero-order valence-corrected chi connectivity index (χ0v) is 19.6. The van der Waals surface area contributed by atoms with Crippen LogP contribution in [0.1, 0.15) is 92.5 Å². The second kappa shape index (κ2) is 9.73. The summed E-state index contributed by atoms with van der Waals surface area (Å²) in [5.41, 5.74) is 3.28. The van der Waals surface area contributed by atoms with Crippen LogP contribution in [0.15, 0.2) is 60.7 Å². The van der Waals surface area contributed by atoms with Crippen LogP contribution in [-0.4, -0.2) is 35.4 Å². The van der Waals surface area contributed by atoms with Crippen LogP contribution in [0, 0.1) is 0 Å². The molecule has 3 aromatic rings. The minimum Gasteiger partial charge on any atom is -0.386 e. The molecule has 0 saturated carbocycles. The van der Waals surface area contributed by atoms with Gasteiger partial charge in [0.1, 0.15) is 0 Å². The zero-order chi connectivity index (χ0) is 26.1. The van der Waals surface area contributed by atoms with Crippen molar-refractivity contribution >= 4 is 35.4 Å². The number of esters is 4. The van der Waals surface area contributed by atoms with Gasteiger partial charge >= 0.3 is 23.9 Å². The summed E-state index contributed by atoms with van der Waals surface area (Å²) in [5.74, 6) is -3.16. The van der Waals surface area contributed by atoms with Gasteiger partial charge in [-0.05, 0) is 54.7 Å². The molecule has 0 spiro atoms. The Morgan fingerprint density at radius 1 is 0.541 bits per heavy atom. The minimum absolute atomic E-state index is 0.112. The van der Waals surface area contributed by atoms with Crippen LogP contribution >= 0.6 is 0 Å². The Hall–Kier alpha value is -4.72. The smallest absolute Gasteiger partial charge is 0.346 e. The summed E-state index contributed by atoms with van der Waals surface area (Å²) in [6.45, 7) is 0. The quantitative estimate of drug-likeness (QED) is 0.244. The van der Waals surface area contributed by atoms with Crippen molar-refractivity contribution in [3.8, 4) is 0 Å². The van der Waals surface area contributed by atoms with Gasteiger partial charge in [0.05, 0.1) is 22.3 Å². The molecule has 0 amide bonds. The summed E-state index contributed by atoms with van der Waals surface area (Å²) in [4.78, 5) is 71.8. The second-order valence-corrected chi connectivity index (χ2v) is 8.89. The Balaban J connectivity index is 1.15. The van der Waals surface area contributed by atoms with E-state index < -0.39 is 23.9 Å². The summed E-state index contributed by atoms with van der Waals surface area (Å²) in [6, 6.07) is 16.5. The lowest BCUT2D eigenvalue weighted by molar-refractivity contribution is 0.0425. The van der Waals surface area contributed by atoms with Crippen LogP contribution in [0.25, 0.3) is 0 Å². The van der Waals surface area contributed by atoms with Gasteiger partial charge in [-0.15, -0.1) is 0 Å². The van der Waals surface area contributed by atoms with Crippen molar-refractivity contribution in [1.29, 1.82) is 0 Å². The van der Waals surface area contributed by atoms with Crippen LogP contribution in [-0.2, 0) is 22.3 Å². The first kappa shape index (κ1) is 24.0. The monoisotopic (exact) mass is 496 g/mol. The number of rotatable bonds is 9. The average molecular weight is 496 g/mol. The van der Waals surface area contributed by atoms with Crippen LogP contribution in [0.5, 0.6) is 0 Å². The first-order chi connectivity index (χ1) is 17.8. The first-order valence-electron chi connectivity index (χ1n) is 11.8. The predicted octanol–water partition coefficient (Wildman–Crippen LogP) is 4.33. The van der Waals surface area contributed by atoms with Gasteiger partial charge in [-0.2, -0.15) is 0 Å². The van der Waals surface area contributed by atoms with Gasteiger partial charge in [0.25, 0.3) is 0 Å². The highest BCUT2D eigenvalue weighted by Crippen LogP contribution is 2.24. The number of Topliss-reactive ketones (excluding diaryl/α,β-unsaturated/α-hetero) is 2. The standard InChI is InChI=1S/C29H20O8/c30-24(18-8-10-20-22(14-18)28(34)36-26(20)32)6-2-5-16-3-1-4-17(13-16)7-12-25(31)19-9-11-21-23(15-19)29(35)37-27(21)33/h1,3-4,8-11,13-15H,2,5-7,12H2. The second-order valence-electron chi connectivity index (χ2n) is 8.89. The number of aryl methyl sites for hydroxylation is 2. The number of hydrogen-bond donors (Lipinski definition) is 0. The molecular weight excluding hydrogens is 476 g/mol. The van der Waals surface area contributed by atoms with Crippen molar-refractivity contribution in [2.24, 2.45) is 0 Å². The number of ether oxygens (including phenoxy) is 2. The molecule has 8 nitrogen and oxygen atoms in total. The van der Waals surface area contributed by atoms with Gasteiger partial charge in [-0.3, -0.25) is 9.59 Å². The topological polar surface area (TPSA) is 121 Å². The van der Waals surface area contributed by atoms with Crippen molar-refractivity contribution in [2.45, 2.75) is 32.1 Å². The maximum absolute atomic E-state index is 12.7. The SMILES string of the molecule is O=C(CCCc1cccc(CCC(=O)c2ccc3c(c2)C(=O)OC3=O)c1)c1ccc2c(c1)C(=O)OC2=O. The average Bonchev–Trinajstić information content (AvgIpc) is 3.35. The van der Waals surface area contributed by atoms with E-state index in [0.717, 1.165) is 11.1 Å². The first-order valence-corrected chi connectivity index (χ1v) is 11.8. The Kier molecular flexibility index (Phi) is 6.31. The lowest BCUT2D eigenvalue weighted by atomic mass is 9.97. The third kappa shape index (κ3) is 4.86. The fourth-order valence-corrected chi connectivity index (χ4v) is 4.46. The number of carbonyl (C=O) groups is 6. The maximum atomic E-state index is 12.7. The normalized spacial score (nSPS) is 13.7. The lowest BCUT2D eigenvalue weighted by Crippen LogP contribution is -2.04. The Morgan fingerprint density at radius 2 is 1.03 bits per heavy atom. The van der Waals surface area contributed by atoms with Crippen molar-refractivity contribution in [1.82, 2.24) is 0 Å². The van der Waals surface area contributed by atoms with Crippen LogP contribution in [0.3, 0.4) is 0 Å². The Bertz CT molecular complexity index is 1510. The van der Waals surface area contributed by atoms with Crippen LogP contribution < -0.4 is 0 Å². The highest BCUT2D eigenvalue weighted by atomic mass is 16.6. The Labute approximate surface area is 211 Å². The molecule has 37 heavy (non-hydrogen) atoms. The van der Waals surface area contributed by atoms with Crippen molar-refractivity contribution < 1.29 is 38.2 Å². The molecule has 5 rings (SSSR count). The highest BCUT2D eigenvalue weighted by molar-refractivity contribution is 6.16. The largest absolute Gasteiger partial charge is 0.386 e. The molecule has 8 heteroatoms. The van der Waals surface area contributed by atoms with Gasteiger partial charge in [0.15, 0.2) is 11.6 Å². The number of carbonyl (C=O) groups excluding carboxylic acids is 6. The summed E-state index contributed by atoms with van der Waals surface area (Å²) in [7, 11) is 0. The molecule has 0 unspecified atom stereocenters. The molecule has 0 aliphatic carbocycles. The molecule has 0 N–H and O–H groups in total. The third-order valence-corrected chi connectivity index (χ3v) is 6.43. The third-order valence-electron chi connectivity index (χ3n) is 6.43. The van der Waals surface area contributed by atoms with Gasteiger partial charge < -0.3 is 9.47 Å². The Morgan fingerprint density at radius 3 is 1.59 bits per heavy atom. The van der Waals surface area contributed by atoms with Crippen LogP contribution in [0.2, 0.25) is 0 Å². The lowest BCUT2D eigenvalue weighted by Gasteiger charge is -2.07. The summed E-state index contributed by atoms with van der Waals surface area (Å²) >= 11 is 0. The molecule has 0 bridgehead atoms. The molecule has 2 aliphatic heterocycles. The summed E-state index contributed by atoms with van der Waals surface area (Å²) < 4.78 is 9.13. The molecule has 0 atom stereocenters. The van der Waals surface area contributed by atoms with Gasteiger partial charge in [0.2, 0.25) is 0 Å². The number of fused-ring (bicyclic) bond motifs is 2. The molecule has 2 heterocycles. The minimum atomic E-state index is -0.741. The number of benzene rings is 3. The van der Waals surface area contributed by atoms with E-state index in [2.05, 4.69) is 9.47 Å². The molecule has 2 aliphatic rings. The highest BCUT2D eigenvalue weighted by Gasteiger charge is 2.31. The molecule has 0 saturated heterocycles. The number of ketones is 2. The molecule has 0 aromatic heterocycles. The molecule has 184 valence electrons. The predicted molar refractivity (Wildman–Crippen MR) is 129 cm³/mol. The van der Waals surface area contributed by atoms with E-state index in [9.17, 15) is 28.8 Å². The van der Waals surface area contributed by atoms with Crippen molar-refractivity contribution in [3.05, 3.63) is 105 Å². The molecule has 0 fully saturated rings. The molecule has 3 aromatic carbocycles. The summed E-state index contributed by atoms with van der Waals surface area (Å²) in [5, 5.41) is 0. The van der Waals surface area contributed by atoms with Crippen molar-refractivity contribution in [3.63, 3.8) is 0 Å². The zero-order valence-electron chi connectivity index (χ0n) is 19.6. The van der Waals surface area contributed by atoms with Gasteiger partial charge in [-0.1, -0.05) is 36.4 Å². The molecule has 0 radical (unpaired) electrons. The summed E-state index contributed by atoms with van der Waals surface area (Å²) in [6.07, 6.45) is 2.24. The van der Waals surface area contributed by atoms with Crippen molar-refractivity contribution in [2.75, 3.05) is 0 Å². The van der Waals surface area contributed by atoms with E-state index in [-0.39, 0.29) is 46.7 Å². The van der Waals surface area contributed by atoms with Gasteiger partial charge in [0, 0.05) is 24.0 Å². The van der Waals surface area contributed by atoms with E-state index >= 15 is 0 Å². The van der Waals surface area contributed by atoms with E-state index in [1.165, 1.54) is 36.4 Å². The van der Waals surface area contributed by atoms with Gasteiger partial charge in [-0.25, -0.2) is 19.2 Å². The van der Waals surface area contributed by atoms with E-state index in [0.29, 0.717) is 30.4 Å². The fraction of sp³-hybridized carbons (Fsp3) is 0.172. The number of cyclic esters (lactones) is 4. The van der Waals surface area contributed by atoms with E-state index in [1.807, 2.05) is 24.3 Å². The van der Waals surface area contributed by atoms with E-state index in [4.69, 9.17) is 0 Å². The van der Waals surface area contributed by atoms with Crippen LogP contribution in [0.4, 0.5) is 0 Å². The molecular formula is C29H20O8. The maximum Gasteiger partial charge on any atom is 0.346 e. The van der Waals surface area contributed by atoms with E-state index in [1.54, 1.807) is 0 Å².